The maximum absolute atomic E-state index is 13.6. The van der Waals surface area contributed by atoms with Crippen molar-refractivity contribution in [3.8, 4) is 0 Å². The Morgan fingerprint density at radius 3 is 2.50 bits per heavy atom. The molecule has 3 aromatic rings. The van der Waals surface area contributed by atoms with E-state index in [1.807, 2.05) is 35.8 Å². The summed E-state index contributed by atoms with van der Waals surface area (Å²) in [5.74, 6) is -3.13. The Hall–Kier alpha value is -3.79. The number of hydrogen-bond acceptors (Lipinski definition) is 5. The van der Waals surface area contributed by atoms with Crippen LogP contribution < -0.4 is 16.4 Å². The first-order valence-electron chi connectivity index (χ1n) is 12.8. The summed E-state index contributed by atoms with van der Waals surface area (Å²) in [5.41, 5.74) is 8.69. The number of rotatable bonds is 9. The number of nitrogens with two attached hydrogens (primary N) is 1. The van der Waals surface area contributed by atoms with Gasteiger partial charge in [0.2, 0.25) is 17.7 Å². The number of fused-ring (bicyclic) bond motifs is 1. The lowest BCUT2D eigenvalue weighted by molar-refractivity contribution is -0.116. The maximum atomic E-state index is 13.6. The first kappa shape index (κ1) is 27.3. The van der Waals surface area contributed by atoms with Crippen molar-refractivity contribution in [2.45, 2.75) is 57.5 Å². The van der Waals surface area contributed by atoms with Crippen LogP contribution in [0.25, 0.3) is 10.9 Å². The molecule has 5 N–H and O–H groups in total. The van der Waals surface area contributed by atoms with Crippen LogP contribution in [0.2, 0.25) is 0 Å². The van der Waals surface area contributed by atoms with Gasteiger partial charge in [-0.15, -0.1) is 0 Å². The number of hydrogen-bond donors (Lipinski definition) is 4. The summed E-state index contributed by atoms with van der Waals surface area (Å²) in [6, 6.07) is 14.2. The predicted molar refractivity (Wildman–Crippen MR) is 143 cm³/mol. The molecule has 1 heterocycles. The maximum Gasteiger partial charge on any atom is 0.268 e. The summed E-state index contributed by atoms with van der Waals surface area (Å²) < 4.78 is 34.4. The number of carbonyl (C=O) groups is 2. The monoisotopic (exact) mass is 525 g/mol. The Morgan fingerprint density at radius 1 is 1.13 bits per heavy atom. The average Bonchev–Trinajstić information content (AvgIpc) is 3.24. The number of nitrogens with zero attached hydrogens (tertiary/aromatic N) is 1. The number of aromatic nitrogens is 1. The first-order chi connectivity index (χ1) is 18.2. The summed E-state index contributed by atoms with van der Waals surface area (Å²) >= 11 is 0. The van der Waals surface area contributed by atoms with Gasteiger partial charge in [0.15, 0.2) is 0 Å². The van der Waals surface area contributed by atoms with Gasteiger partial charge in [0.25, 0.3) is 5.91 Å². The molecule has 10 heteroatoms. The first-order valence-corrected chi connectivity index (χ1v) is 12.8. The van der Waals surface area contributed by atoms with E-state index in [1.54, 1.807) is 24.3 Å². The minimum atomic E-state index is -2.67. The molecule has 0 saturated heterocycles. The normalized spacial score (nSPS) is 15.3. The summed E-state index contributed by atoms with van der Waals surface area (Å²) in [4.78, 5) is 25.2. The molecule has 2 aromatic carbocycles. The van der Waals surface area contributed by atoms with Crippen LogP contribution in [0.3, 0.4) is 0 Å². The van der Waals surface area contributed by atoms with Crippen LogP contribution in [0, 0.1) is 5.41 Å². The standard InChI is InChI=1S/C28H33F2N5O3/c1-2-38-26(32)20-6-5-19-15-24(27(37)34-22-9-12-28(29,30)13-10-22)35(23(19)16-20)17-18-3-7-21(8-4-18)33-25(36)11-14-31/h3-8,15-16,22,32H,2,9-14,17,31H2,1H3,(H,33,36)(H,34,37). The Labute approximate surface area is 220 Å². The fourth-order valence-corrected chi connectivity index (χ4v) is 4.66. The summed E-state index contributed by atoms with van der Waals surface area (Å²) in [5, 5.41) is 14.7. The molecule has 0 atom stereocenters. The van der Waals surface area contributed by atoms with E-state index < -0.39 is 5.92 Å². The lowest BCUT2D eigenvalue weighted by Crippen LogP contribution is -2.40. The van der Waals surface area contributed by atoms with E-state index >= 15 is 0 Å². The van der Waals surface area contributed by atoms with Crippen molar-refractivity contribution in [2.24, 2.45) is 5.73 Å². The Morgan fingerprint density at radius 2 is 1.84 bits per heavy atom. The number of benzene rings is 2. The summed E-state index contributed by atoms with van der Waals surface area (Å²) in [6.07, 6.45) is 0.210. The highest BCUT2D eigenvalue weighted by atomic mass is 19.3. The molecule has 4 rings (SSSR count). The van der Waals surface area contributed by atoms with Crippen molar-refractivity contribution in [1.82, 2.24) is 9.88 Å². The number of carbonyl (C=O) groups excluding carboxylic acids is 2. The van der Waals surface area contributed by atoms with Crippen molar-refractivity contribution in [2.75, 3.05) is 18.5 Å². The second-order valence-electron chi connectivity index (χ2n) is 9.54. The molecule has 1 aliphatic rings. The van der Waals surface area contributed by atoms with Crippen LogP contribution >= 0.6 is 0 Å². The third-order valence-corrected chi connectivity index (χ3v) is 6.69. The van der Waals surface area contributed by atoms with Crippen LogP contribution in [-0.4, -0.2) is 47.4 Å². The zero-order valence-electron chi connectivity index (χ0n) is 21.4. The Balaban J connectivity index is 1.63. The smallest absolute Gasteiger partial charge is 0.268 e. The van der Waals surface area contributed by atoms with Gasteiger partial charge >= 0.3 is 0 Å². The van der Waals surface area contributed by atoms with Gasteiger partial charge in [0.05, 0.1) is 6.61 Å². The second kappa shape index (κ2) is 11.7. The molecule has 1 aliphatic carbocycles. The van der Waals surface area contributed by atoms with Gasteiger partial charge in [-0.2, -0.15) is 0 Å². The van der Waals surface area contributed by atoms with Crippen molar-refractivity contribution in [1.29, 1.82) is 5.41 Å². The molecule has 1 fully saturated rings. The molecule has 1 saturated carbocycles. The van der Waals surface area contributed by atoms with E-state index in [4.69, 9.17) is 15.9 Å². The molecule has 0 aliphatic heterocycles. The fraction of sp³-hybridized carbons (Fsp3) is 0.393. The van der Waals surface area contributed by atoms with E-state index in [1.165, 1.54) is 0 Å². The van der Waals surface area contributed by atoms with E-state index in [0.717, 1.165) is 16.5 Å². The largest absolute Gasteiger partial charge is 0.478 e. The third-order valence-electron chi connectivity index (χ3n) is 6.69. The highest BCUT2D eigenvalue weighted by Gasteiger charge is 2.35. The molecule has 202 valence electrons. The predicted octanol–water partition coefficient (Wildman–Crippen LogP) is 4.65. The highest BCUT2D eigenvalue weighted by Crippen LogP contribution is 2.33. The van der Waals surface area contributed by atoms with E-state index in [2.05, 4.69) is 10.6 Å². The average molecular weight is 526 g/mol. The molecule has 0 bridgehead atoms. The van der Waals surface area contributed by atoms with Crippen molar-refractivity contribution < 1.29 is 23.1 Å². The van der Waals surface area contributed by atoms with E-state index in [-0.39, 0.29) is 62.4 Å². The number of amides is 2. The zero-order valence-corrected chi connectivity index (χ0v) is 21.4. The quantitative estimate of drug-likeness (QED) is 0.240. The molecule has 0 unspecified atom stereocenters. The van der Waals surface area contributed by atoms with Crippen LogP contribution in [0.15, 0.2) is 48.5 Å². The van der Waals surface area contributed by atoms with E-state index in [0.29, 0.717) is 30.1 Å². The zero-order chi connectivity index (χ0) is 27.3. The lowest BCUT2D eigenvalue weighted by Gasteiger charge is -2.28. The van der Waals surface area contributed by atoms with Gasteiger partial charge in [-0.1, -0.05) is 18.2 Å². The molecule has 1 aromatic heterocycles. The Bertz CT molecular complexity index is 1310. The third kappa shape index (κ3) is 6.55. The summed E-state index contributed by atoms with van der Waals surface area (Å²) in [7, 11) is 0. The number of alkyl halides is 2. The highest BCUT2D eigenvalue weighted by molar-refractivity contribution is 6.01. The van der Waals surface area contributed by atoms with Crippen molar-refractivity contribution >= 4 is 34.3 Å². The molecule has 0 radical (unpaired) electrons. The van der Waals surface area contributed by atoms with Crippen molar-refractivity contribution in [3.63, 3.8) is 0 Å². The SMILES string of the molecule is CCOC(=N)c1ccc2cc(C(=O)NC3CCC(F)(F)CC3)n(Cc3ccc(NC(=O)CCN)cc3)c2c1. The molecule has 2 amide bonds. The van der Waals surface area contributed by atoms with E-state index in [9.17, 15) is 18.4 Å². The van der Waals surface area contributed by atoms with Crippen LogP contribution in [0.4, 0.5) is 14.5 Å². The number of ether oxygens (including phenoxy) is 1. The van der Waals surface area contributed by atoms with Gasteiger partial charge in [0.1, 0.15) is 5.69 Å². The molecule has 38 heavy (non-hydrogen) atoms. The fourth-order valence-electron chi connectivity index (χ4n) is 4.66. The van der Waals surface area contributed by atoms with Crippen molar-refractivity contribution in [3.05, 3.63) is 65.4 Å². The number of anilines is 1. The van der Waals surface area contributed by atoms with Gasteiger partial charge in [0, 0.05) is 60.5 Å². The van der Waals surface area contributed by atoms with Gasteiger partial charge in [-0.3, -0.25) is 15.0 Å². The van der Waals surface area contributed by atoms with Gasteiger partial charge in [-0.25, -0.2) is 8.78 Å². The van der Waals surface area contributed by atoms with Gasteiger partial charge < -0.3 is 25.7 Å². The Kier molecular flexibility index (Phi) is 8.41. The van der Waals surface area contributed by atoms with Crippen LogP contribution in [0.1, 0.15) is 60.6 Å². The minimum absolute atomic E-state index is 0.0360. The molecule has 0 spiro atoms. The summed E-state index contributed by atoms with van der Waals surface area (Å²) in [6.45, 7) is 2.78. The van der Waals surface area contributed by atoms with Gasteiger partial charge in [-0.05, 0) is 55.7 Å². The topological polar surface area (TPSA) is 122 Å². The molecular weight excluding hydrogens is 492 g/mol. The number of halogens is 2. The lowest BCUT2D eigenvalue weighted by atomic mass is 9.92. The van der Waals surface area contributed by atoms with Crippen LogP contribution in [-0.2, 0) is 16.1 Å². The second-order valence-corrected chi connectivity index (χ2v) is 9.54. The number of nitrogens with one attached hydrogen (secondary N) is 3. The minimum Gasteiger partial charge on any atom is -0.478 e. The molecule has 8 nitrogen and oxygen atoms in total. The van der Waals surface area contributed by atoms with Crippen LogP contribution in [0.5, 0.6) is 0 Å². The molecular formula is C28H33F2N5O3.